The minimum Gasteiger partial charge on any atom is -0.364 e. The Kier molecular flexibility index (Phi) is 3.94. The summed E-state index contributed by atoms with van der Waals surface area (Å²) in [6.45, 7) is 9.62. The van der Waals surface area contributed by atoms with Crippen LogP contribution in [0.3, 0.4) is 0 Å². The van der Waals surface area contributed by atoms with Gasteiger partial charge in [-0.05, 0) is 47.1 Å². The van der Waals surface area contributed by atoms with Crippen LogP contribution < -0.4 is 5.32 Å². The van der Waals surface area contributed by atoms with Crippen molar-refractivity contribution < 1.29 is 9.32 Å². The van der Waals surface area contributed by atoms with E-state index in [-0.39, 0.29) is 17.5 Å². The zero-order valence-corrected chi connectivity index (χ0v) is 12.2. The number of nitrogens with zero attached hydrogens (tertiary/aromatic N) is 2. The van der Waals surface area contributed by atoms with E-state index in [4.69, 9.17) is 4.52 Å². The Morgan fingerprint density at radius 3 is 2.89 bits per heavy atom. The first-order chi connectivity index (χ1) is 8.87. The number of carbonyl (C=O) groups is 1. The molecule has 0 bridgehead atoms. The number of amides is 1. The third kappa shape index (κ3) is 3.56. The largest absolute Gasteiger partial charge is 0.364 e. The SMILES string of the molecule is Cc1conc1CN1CCCC1C(=O)NC(C)(C)C. The first kappa shape index (κ1) is 14.1. The lowest BCUT2D eigenvalue weighted by molar-refractivity contribution is -0.127. The van der Waals surface area contributed by atoms with Gasteiger partial charge >= 0.3 is 0 Å². The van der Waals surface area contributed by atoms with Gasteiger partial charge in [0, 0.05) is 17.6 Å². The standard InChI is InChI=1S/C14H23N3O2/c1-10-9-19-16-11(10)8-17-7-5-6-12(17)13(18)15-14(2,3)4/h9,12H,5-8H2,1-4H3,(H,15,18). The average molecular weight is 265 g/mol. The first-order valence-corrected chi connectivity index (χ1v) is 6.83. The van der Waals surface area contributed by atoms with Gasteiger partial charge in [0.25, 0.3) is 0 Å². The number of rotatable bonds is 3. The highest BCUT2D eigenvalue weighted by Crippen LogP contribution is 2.21. The smallest absolute Gasteiger partial charge is 0.237 e. The summed E-state index contributed by atoms with van der Waals surface area (Å²) in [6, 6.07) is -0.0460. The fourth-order valence-corrected chi connectivity index (χ4v) is 2.42. The van der Waals surface area contributed by atoms with Crippen LogP contribution in [0, 0.1) is 6.92 Å². The van der Waals surface area contributed by atoms with Crippen molar-refractivity contribution in [1.82, 2.24) is 15.4 Å². The highest BCUT2D eigenvalue weighted by molar-refractivity contribution is 5.82. The van der Waals surface area contributed by atoms with Gasteiger partial charge in [0.2, 0.25) is 5.91 Å². The Hall–Kier alpha value is -1.36. The van der Waals surface area contributed by atoms with Crippen molar-refractivity contribution in [3.63, 3.8) is 0 Å². The van der Waals surface area contributed by atoms with Crippen LogP contribution >= 0.6 is 0 Å². The van der Waals surface area contributed by atoms with Crippen LogP contribution in [0.2, 0.25) is 0 Å². The molecule has 0 saturated carbocycles. The molecular weight excluding hydrogens is 242 g/mol. The highest BCUT2D eigenvalue weighted by Gasteiger charge is 2.32. The number of aryl methyl sites for hydroxylation is 1. The van der Waals surface area contributed by atoms with Gasteiger partial charge in [0.05, 0.1) is 6.04 Å². The first-order valence-electron chi connectivity index (χ1n) is 6.83. The molecule has 1 aromatic heterocycles. The lowest BCUT2D eigenvalue weighted by Crippen LogP contribution is -2.49. The van der Waals surface area contributed by atoms with E-state index in [2.05, 4.69) is 15.4 Å². The van der Waals surface area contributed by atoms with Crippen LogP contribution in [-0.2, 0) is 11.3 Å². The molecule has 1 aliphatic rings. The Morgan fingerprint density at radius 2 is 2.32 bits per heavy atom. The summed E-state index contributed by atoms with van der Waals surface area (Å²) in [6.07, 6.45) is 3.62. The molecule has 2 rings (SSSR count). The zero-order valence-electron chi connectivity index (χ0n) is 12.2. The third-order valence-electron chi connectivity index (χ3n) is 3.36. The van der Waals surface area contributed by atoms with Gasteiger partial charge in [-0.15, -0.1) is 0 Å². The van der Waals surface area contributed by atoms with E-state index < -0.39 is 0 Å². The van der Waals surface area contributed by atoms with Crippen LogP contribution in [0.25, 0.3) is 0 Å². The summed E-state index contributed by atoms with van der Waals surface area (Å²) >= 11 is 0. The summed E-state index contributed by atoms with van der Waals surface area (Å²) < 4.78 is 4.95. The summed E-state index contributed by atoms with van der Waals surface area (Å²) in [4.78, 5) is 14.5. The monoisotopic (exact) mass is 265 g/mol. The van der Waals surface area contributed by atoms with Crippen molar-refractivity contribution in [2.24, 2.45) is 0 Å². The van der Waals surface area contributed by atoms with E-state index in [1.807, 2.05) is 27.7 Å². The Balaban J connectivity index is 2.01. The molecule has 1 saturated heterocycles. The minimum atomic E-state index is -0.185. The molecule has 1 aliphatic heterocycles. The van der Waals surface area contributed by atoms with Gasteiger partial charge in [0.15, 0.2) is 0 Å². The topological polar surface area (TPSA) is 58.4 Å². The van der Waals surface area contributed by atoms with Crippen molar-refractivity contribution >= 4 is 5.91 Å². The van der Waals surface area contributed by atoms with E-state index in [1.54, 1.807) is 6.26 Å². The van der Waals surface area contributed by atoms with E-state index >= 15 is 0 Å². The molecule has 0 aliphatic carbocycles. The van der Waals surface area contributed by atoms with E-state index in [0.29, 0.717) is 6.54 Å². The molecule has 0 spiro atoms. The van der Waals surface area contributed by atoms with Gasteiger partial charge < -0.3 is 9.84 Å². The maximum atomic E-state index is 12.3. The number of carbonyl (C=O) groups excluding carboxylic acids is 1. The molecule has 2 heterocycles. The number of aromatic nitrogens is 1. The normalized spacial score (nSPS) is 20.7. The molecule has 1 fully saturated rings. The number of nitrogens with one attached hydrogen (secondary N) is 1. The van der Waals surface area contributed by atoms with Gasteiger partial charge in [-0.3, -0.25) is 9.69 Å². The molecule has 0 aromatic carbocycles. The van der Waals surface area contributed by atoms with Crippen molar-refractivity contribution in [2.45, 2.75) is 58.7 Å². The maximum Gasteiger partial charge on any atom is 0.237 e. The Labute approximate surface area is 114 Å². The molecule has 5 heteroatoms. The molecule has 5 nitrogen and oxygen atoms in total. The van der Waals surface area contributed by atoms with Crippen molar-refractivity contribution in [3.05, 3.63) is 17.5 Å². The summed E-state index contributed by atoms with van der Waals surface area (Å²) in [5.41, 5.74) is 1.78. The summed E-state index contributed by atoms with van der Waals surface area (Å²) in [5.74, 6) is 0.117. The van der Waals surface area contributed by atoms with Crippen molar-refractivity contribution in [1.29, 1.82) is 0 Å². The Morgan fingerprint density at radius 1 is 1.58 bits per heavy atom. The predicted octanol–water partition coefficient (Wildman–Crippen LogP) is 1.86. The average Bonchev–Trinajstić information content (AvgIpc) is 2.87. The summed E-state index contributed by atoms with van der Waals surface area (Å²) in [7, 11) is 0. The molecule has 1 unspecified atom stereocenters. The number of hydrogen-bond donors (Lipinski definition) is 1. The maximum absolute atomic E-state index is 12.3. The molecule has 0 radical (unpaired) electrons. The lowest BCUT2D eigenvalue weighted by Gasteiger charge is -2.27. The van der Waals surface area contributed by atoms with Crippen LogP contribution in [-0.4, -0.2) is 34.1 Å². The van der Waals surface area contributed by atoms with Gasteiger partial charge in [-0.2, -0.15) is 0 Å². The van der Waals surface area contributed by atoms with Gasteiger partial charge in [-0.1, -0.05) is 5.16 Å². The van der Waals surface area contributed by atoms with Crippen LogP contribution in [0.1, 0.15) is 44.9 Å². The predicted molar refractivity (Wildman–Crippen MR) is 72.6 cm³/mol. The molecular formula is C14H23N3O2. The molecule has 1 N–H and O–H groups in total. The number of likely N-dealkylation sites (tertiary alicyclic amines) is 1. The van der Waals surface area contributed by atoms with E-state index in [0.717, 1.165) is 30.6 Å². The van der Waals surface area contributed by atoms with Gasteiger partial charge in [0.1, 0.15) is 12.0 Å². The fourth-order valence-electron chi connectivity index (χ4n) is 2.42. The summed E-state index contributed by atoms with van der Waals surface area (Å²) in [5, 5.41) is 7.06. The second-order valence-electron chi connectivity index (χ2n) is 6.31. The third-order valence-corrected chi connectivity index (χ3v) is 3.36. The van der Waals surface area contributed by atoms with E-state index in [9.17, 15) is 4.79 Å². The molecule has 19 heavy (non-hydrogen) atoms. The second kappa shape index (κ2) is 5.33. The highest BCUT2D eigenvalue weighted by atomic mass is 16.5. The lowest BCUT2D eigenvalue weighted by atomic mass is 10.1. The fraction of sp³-hybridized carbons (Fsp3) is 0.714. The van der Waals surface area contributed by atoms with Crippen LogP contribution in [0.5, 0.6) is 0 Å². The van der Waals surface area contributed by atoms with Crippen LogP contribution in [0.15, 0.2) is 10.8 Å². The number of hydrogen-bond acceptors (Lipinski definition) is 4. The molecule has 1 amide bonds. The second-order valence-corrected chi connectivity index (χ2v) is 6.31. The van der Waals surface area contributed by atoms with E-state index in [1.165, 1.54) is 0 Å². The van der Waals surface area contributed by atoms with Gasteiger partial charge in [-0.25, -0.2) is 0 Å². The molecule has 1 aromatic rings. The minimum absolute atomic E-state index is 0.0460. The zero-order chi connectivity index (χ0) is 14.0. The Bertz CT molecular complexity index is 448. The molecule has 1 atom stereocenters. The van der Waals surface area contributed by atoms with Crippen molar-refractivity contribution in [3.8, 4) is 0 Å². The quantitative estimate of drug-likeness (QED) is 0.906. The molecule has 106 valence electrons. The van der Waals surface area contributed by atoms with Crippen molar-refractivity contribution in [2.75, 3.05) is 6.54 Å². The van der Waals surface area contributed by atoms with Crippen LogP contribution in [0.4, 0.5) is 0 Å².